The molecule has 1 aliphatic rings. The molecule has 1 aromatic rings. The van der Waals surface area contributed by atoms with Gasteiger partial charge in [-0.2, -0.15) is 5.10 Å². The molecule has 1 heterocycles. The van der Waals surface area contributed by atoms with Gasteiger partial charge in [-0.3, -0.25) is 4.68 Å². The fourth-order valence-electron chi connectivity index (χ4n) is 2.80. The van der Waals surface area contributed by atoms with Gasteiger partial charge in [0.15, 0.2) is 0 Å². The molecule has 3 heteroatoms. The van der Waals surface area contributed by atoms with Crippen molar-refractivity contribution >= 4 is 0 Å². The van der Waals surface area contributed by atoms with Gasteiger partial charge in [0, 0.05) is 25.4 Å². The number of hydrogen-bond donors (Lipinski definition) is 1. The Hall–Kier alpha value is -0.830. The minimum atomic E-state index is 0.513. The number of aryl methyl sites for hydroxylation is 1. The maximum atomic E-state index is 4.54. The third-order valence-electron chi connectivity index (χ3n) is 3.71. The molecule has 0 amide bonds. The Morgan fingerprint density at radius 1 is 1.41 bits per heavy atom. The van der Waals surface area contributed by atoms with Crippen molar-refractivity contribution < 1.29 is 0 Å². The molecule has 0 saturated heterocycles. The third kappa shape index (κ3) is 3.32. The summed E-state index contributed by atoms with van der Waals surface area (Å²) in [6.07, 6.45) is 7.83. The fraction of sp³-hybridized carbons (Fsp3) is 0.786. The van der Waals surface area contributed by atoms with Crippen LogP contribution in [-0.4, -0.2) is 16.3 Å². The summed E-state index contributed by atoms with van der Waals surface area (Å²) in [5.41, 5.74) is 2.60. The van der Waals surface area contributed by atoms with E-state index in [0.29, 0.717) is 5.92 Å². The topological polar surface area (TPSA) is 29.9 Å². The van der Waals surface area contributed by atoms with Gasteiger partial charge in [-0.1, -0.05) is 26.7 Å². The molecule has 2 rings (SSSR count). The van der Waals surface area contributed by atoms with E-state index in [1.54, 1.807) is 0 Å². The molecule has 96 valence electrons. The van der Waals surface area contributed by atoms with Crippen molar-refractivity contribution in [2.45, 2.75) is 52.0 Å². The second-order valence-electron chi connectivity index (χ2n) is 5.65. The highest BCUT2D eigenvalue weighted by Crippen LogP contribution is 2.24. The molecule has 1 fully saturated rings. The summed E-state index contributed by atoms with van der Waals surface area (Å²) in [5.74, 6) is 1.42. The SMILES string of the molecule is CC(C)c1nn(C)cc1CNCC1CCCC1. The van der Waals surface area contributed by atoms with Crippen molar-refractivity contribution in [2.24, 2.45) is 13.0 Å². The van der Waals surface area contributed by atoms with Gasteiger partial charge in [-0.15, -0.1) is 0 Å². The fourth-order valence-corrected chi connectivity index (χ4v) is 2.80. The molecule has 17 heavy (non-hydrogen) atoms. The Morgan fingerprint density at radius 3 is 2.76 bits per heavy atom. The number of nitrogens with zero attached hydrogens (tertiary/aromatic N) is 2. The van der Waals surface area contributed by atoms with Crippen molar-refractivity contribution in [3.05, 3.63) is 17.5 Å². The number of hydrogen-bond acceptors (Lipinski definition) is 2. The minimum Gasteiger partial charge on any atom is -0.312 e. The van der Waals surface area contributed by atoms with Gasteiger partial charge in [-0.25, -0.2) is 0 Å². The molecule has 0 unspecified atom stereocenters. The smallest absolute Gasteiger partial charge is 0.0694 e. The summed E-state index contributed by atoms with van der Waals surface area (Å²) in [6, 6.07) is 0. The van der Waals surface area contributed by atoms with Crippen LogP contribution in [0.4, 0.5) is 0 Å². The lowest BCUT2D eigenvalue weighted by Gasteiger charge is -2.11. The monoisotopic (exact) mass is 235 g/mol. The zero-order valence-electron chi connectivity index (χ0n) is 11.4. The average Bonchev–Trinajstić information content (AvgIpc) is 2.88. The van der Waals surface area contributed by atoms with Crippen molar-refractivity contribution in [2.75, 3.05) is 6.54 Å². The summed E-state index contributed by atoms with van der Waals surface area (Å²) in [5, 5.41) is 8.14. The Kier molecular flexibility index (Phi) is 4.21. The van der Waals surface area contributed by atoms with Crippen LogP contribution in [0.3, 0.4) is 0 Å². The van der Waals surface area contributed by atoms with Gasteiger partial charge < -0.3 is 5.32 Å². The molecule has 0 radical (unpaired) electrons. The van der Waals surface area contributed by atoms with Crippen LogP contribution in [0.25, 0.3) is 0 Å². The van der Waals surface area contributed by atoms with E-state index >= 15 is 0 Å². The summed E-state index contributed by atoms with van der Waals surface area (Å²) in [6.45, 7) is 6.57. The van der Waals surface area contributed by atoms with Gasteiger partial charge in [-0.05, 0) is 31.2 Å². The number of rotatable bonds is 5. The van der Waals surface area contributed by atoms with E-state index in [9.17, 15) is 0 Å². The van der Waals surface area contributed by atoms with Crippen LogP contribution < -0.4 is 5.32 Å². The van der Waals surface area contributed by atoms with Crippen LogP contribution in [0, 0.1) is 5.92 Å². The van der Waals surface area contributed by atoms with Crippen LogP contribution in [0.15, 0.2) is 6.20 Å². The molecule has 3 nitrogen and oxygen atoms in total. The summed E-state index contributed by atoms with van der Waals surface area (Å²) in [7, 11) is 2.01. The first-order valence-electron chi connectivity index (χ1n) is 6.90. The molecule has 1 N–H and O–H groups in total. The average molecular weight is 235 g/mol. The van der Waals surface area contributed by atoms with Crippen molar-refractivity contribution in [1.29, 1.82) is 0 Å². The predicted octanol–water partition coefficient (Wildman–Crippen LogP) is 2.82. The molecule has 1 aromatic heterocycles. The zero-order valence-corrected chi connectivity index (χ0v) is 11.4. The normalized spacial score (nSPS) is 17.2. The Bertz CT molecular complexity index is 348. The lowest BCUT2D eigenvalue weighted by Crippen LogP contribution is -2.21. The summed E-state index contributed by atoms with van der Waals surface area (Å²) >= 11 is 0. The molecule has 1 aliphatic carbocycles. The Labute approximate surface area is 105 Å². The second-order valence-corrected chi connectivity index (χ2v) is 5.65. The van der Waals surface area contributed by atoms with Crippen LogP contribution in [-0.2, 0) is 13.6 Å². The van der Waals surface area contributed by atoms with Gasteiger partial charge in [0.25, 0.3) is 0 Å². The quantitative estimate of drug-likeness (QED) is 0.850. The van der Waals surface area contributed by atoms with Crippen molar-refractivity contribution in [3.8, 4) is 0 Å². The highest BCUT2D eigenvalue weighted by molar-refractivity contribution is 5.19. The Morgan fingerprint density at radius 2 is 2.12 bits per heavy atom. The molecule has 0 spiro atoms. The first-order valence-corrected chi connectivity index (χ1v) is 6.90. The molecule has 0 bridgehead atoms. The largest absolute Gasteiger partial charge is 0.312 e. The van der Waals surface area contributed by atoms with Crippen LogP contribution in [0.5, 0.6) is 0 Å². The highest BCUT2D eigenvalue weighted by Gasteiger charge is 2.15. The van der Waals surface area contributed by atoms with E-state index < -0.39 is 0 Å². The van der Waals surface area contributed by atoms with E-state index in [-0.39, 0.29) is 0 Å². The van der Waals surface area contributed by atoms with E-state index in [4.69, 9.17) is 0 Å². The van der Waals surface area contributed by atoms with E-state index in [0.717, 1.165) is 12.5 Å². The molecular formula is C14H25N3. The molecule has 0 aromatic carbocycles. The lowest BCUT2D eigenvalue weighted by molar-refractivity contribution is 0.488. The van der Waals surface area contributed by atoms with Crippen LogP contribution >= 0.6 is 0 Å². The molecule has 0 aliphatic heterocycles. The zero-order chi connectivity index (χ0) is 12.3. The van der Waals surface area contributed by atoms with Gasteiger partial charge in [0.1, 0.15) is 0 Å². The summed E-state index contributed by atoms with van der Waals surface area (Å²) < 4.78 is 1.93. The summed E-state index contributed by atoms with van der Waals surface area (Å²) in [4.78, 5) is 0. The van der Waals surface area contributed by atoms with Gasteiger partial charge >= 0.3 is 0 Å². The van der Waals surface area contributed by atoms with Crippen molar-refractivity contribution in [3.63, 3.8) is 0 Å². The van der Waals surface area contributed by atoms with Crippen LogP contribution in [0.2, 0.25) is 0 Å². The maximum absolute atomic E-state index is 4.54. The molecular weight excluding hydrogens is 210 g/mol. The number of nitrogens with one attached hydrogen (secondary N) is 1. The Balaban J connectivity index is 1.85. The van der Waals surface area contributed by atoms with E-state index in [1.807, 2.05) is 11.7 Å². The van der Waals surface area contributed by atoms with Gasteiger partial charge in [0.2, 0.25) is 0 Å². The van der Waals surface area contributed by atoms with E-state index in [2.05, 4.69) is 30.5 Å². The highest BCUT2D eigenvalue weighted by atomic mass is 15.3. The first kappa shape index (κ1) is 12.6. The second kappa shape index (κ2) is 5.67. The standard InChI is InChI=1S/C14H25N3/c1-11(2)14-13(10-17(3)16-14)9-15-8-12-6-4-5-7-12/h10-12,15H,4-9H2,1-3H3. The van der Waals surface area contributed by atoms with Gasteiger partial charge in [0.05, 0.1) is 5.69 Å². The lowest BCUT2D eigenvalue weighted by atomic mass is 10.1. The van der Waals surface area contributed by atoms with Crippen LogP contribution in [0.1, 0.15) is 56.7 Å². The first-order chi connectivity index (χ1) is 8.16. The van der Waals surface area contributed by atoms with Crippen molar-refractivity contribution in [1.82, 2.24) is 15.1 Å². The maximum Gasteiger partial charge on any atom is 0.0694 e. The minimum absolute atomic E-state index is 0.513. The number of aromatic nitrogens is 2. The third-order valence-corrected chi connectivity index (χ3v) is 3.71. The molecule has 1 saturated carbocycles. The predicted molar refractivity (Wildman–Crippen MR) is 71.0 cm³/mol. The molecule has 0 atom stereocenters. The van der Waals surface area contributed by atoms with E-state index in [1.165, 1.54) is 43.5 Å².